The number of allylic oxidation sites excluding steroid dienone is 1. The van der Waals surface area contributed by atoms with E-state index in [0.717, 1.165) is 11.6 Å². The van der Waals surface area contributed by atoms with Crippen LogP contribution in [-0.2, 0) is 4.79 Å². The van der Waals surface area contributed by atoms with Gasteiger partial charge in [-0.1, -0.05) is 23.7 Å². The molecular weight excluding hydrogens is 308 g/mol. The van der Waals surface area contributed by atoms with E-state index in [2.05, 4.69) is 0 Å². The van der Waals surface area contributed by atoms with Crippen molar-refractivity contribution in [3.05, 3.63) is 52.8 Å². The van der Waals surface area contributed by atoms with Gasteiger partial charge in [0, 0.05) is 6.42 Å². The average Bonchev–Trinajstić information content (AvgIpc) is 2.40. The summed E-state index contributed by atoms with van der Waals surface area (Å²) in [4.78, 5) is 11.2. The highest BCUT2D eigenvalue weighted by Gasteiger charge is 2.40. The Morgan fingerprint density at radius 3 is 2.82 bits per heavy atom. The van der Waals surface area contributed by atoms with Crippen LogP contribution < -0.4 is 4.74 Å². The van der Waals surface area contributed by atoms with Gasteiger partial charge in [-0.25, -0.2) is 0 Å². The monoisotopic (exact) mass is 324 g/mol. The molecule has 1 aromatic carbocycles. The number of benzene rings is 1. The molecule has 0 bridgehead atoms. The molecule has 118 valence electrons. The molecule has 0 amide bonds. The molecule has 0 spiro atoms. The lowest BCUT2D eigenvalue weighted by Crippen LogP contribution is -2.42. The van der Waals surface area contributed by atoms with Crippen molar-refractivity contribution < 1.29 is 24.9 Å². The molecule has 1 aliphatic rings. The van der Waals surface area contributed by atoms with Gasteiger partial charge in [0.25, 0.3) is 0 Å². The van der Waals surface area contributed by atoms with Crippen LogP contribution >= 0.6 is 11.6 Å². The molecule has 0 saturated heterocycles. The summed E-state index contributed by atoms with van der Waals surface area (Å²) < 4.78 is 5.50. The van der Waals surface area contributed by atoms with E-state index in [4.69, 9.17) is 21.4 Å². The number of aliphatic carboxylic acids is 1. The van der Waals surface area contributed by atoms with E-state index in [9.17, 15) is 15.0 Å². The fourth-order valence-corrected chi connectivity index (χ4v) is 2.62. The van der Waals surface area contributed by atoms with Gasteiger partial charge >= 0.3 is 5.97 Å². The average molecular weight is 325 g/mol. The van der Waals surface area contributed by atoms with E-state index in [-0.39, 0.29) is 18.8 Å². The summed E-state index contributed by atoms with van der Waals surface area (Å²) in [6.07, 6.45) is 3.65. The van der Waals surface area contributed by atoms with Crippen molar-refractivity contribution in [2.75, 3.05) is 6.61 Å². The number of carboxylic acids is 1. The van der Waals surface area contributed by atoms with Gasteiger partial charge in [-0.05, 0) is 36.8 Å². The summed E-state index contributed by atoms with van der Waals surface area (Å²) in [7, 11) is 0. The molecule has 2 rings (SSSR count). The maximum absolute atomic E-state index is 11.2. The maximum atomic E-state index is 11.2. The van der Waals surface area contributed by atoms with Gasteiger partial charge in [0.15, 0.2) is 0 Å². The predicted molar refractivity (Wildman–Crippen MR) is 82.2 cm³/mol. The second-order valence-corrected chi connectivity index (χ2v) is 5.67. The van der Waals surface area contributed by atoms with Crippen LogP contribution in [0.25, 0.3) is 0 Å². The van der Waals surface area contributed by atoms with Gasteiger partial charge in [0.05, 0.1) is 11.6 Å². The number of hydrogen-bond donors (Lipinski definition) is 3. The Hall–Kier alpha value is -1.98. The van der Waals surface area contributed by atoms with E-state index < -0.39 is 17.5 Å². The molecule has 2 atom stereocenters. The van der Waals surface area contributed by atoms with E-state index in [1.807, 2.05) is 13.0 Å². The highest BCUT2D eigenvalue weighted by atomic mass is 35.5. The molecule has 1 aliphatic carbocycles. The number of halogens is 1. The Kier molecular flexibility index (Phi) is 4.78. The summed E-state index contributed by atoms with van der Waals surface area (Å²) in [5.41, 5.74) is -0.714. The lowest BCUT2D eigenvalue weighted by Gasteiger charge is -2.31. The molecule has 6 heteroatoms. The van der Waals surface area contributed by atoms with Crippen LogP contribution in [0.2, 0.25) is 5.02 Å². The summed E-state index contributed by atoms with van der Waals surface area (Å²) >= 11 is 6.04. The number of aliphatic hydroxyl groups excluding tert-OH is 1. The third-order valence-electron chi connectivity index (χ3n) is 3.51. The zero-order valence-electron chi connectivity index (χ0n) is 12.0. The summed E-state index contributed by atoms with van der Waals surface area (Å²) in [6, 6.07) is 5.30. The first-order chi connectivity index (χ1) is 10.3. The topological polar surface area (TPSA) is 87.0 Å². The smallest absolute Gasteiger partial charge is 0.313 e. The number of aliphatic hydroxyl groups is 2. The first kappa shape index (κ1) is 16.4. The van der Waals surface area contributed by atoms with Crippen molar-refractivity contribution in [1.29, 1.82) is 0 Å². The number of carbonyl (C=O) groups is 1. The van der Waals surface area contributed by atoms with Gasteiger partial charge in [0.1, 0.15) is 23.0 Å². The molecule has 2 unspecified atom stereocenters. The molecule has 5 nitrogen and oxygen atoms in total. The molecular formula is C16H17ClO5. The zero-order chi connectivity index (χ0) is 16.3. The number of hydrogen-bond acceptors (Lipinski definition) is 4. The van der Waals surface area contributed by atoms with Crippen molar-refractivity contribution in [3.63, 3.8) is 0 Å². The van der Waals surface area contributed by atoms with Crippen LogP contribution in [0.15, 0.2) is 42.2 Å². The Bertz CT molecular complexity index is 637. The SMILES string of the molecule is Cc1ccc(OCCC2(O)C=C(O)C=CC2C(=O)O)c(Cl)c1. The second-order valence-electron chi connectivity index (χ2n) is 5.27. The number of ether oxygens (including phenoxy) is 1. The molecule has 22 heavy (non-hydrogen) atoms. The Labute approximate surface area is 133 Å². The number of aryl methyl sites for hydroxylation is 1. The highest BCUT2D eigenvalue weighted by molar-refractivity contribution is 6.32. The molecule has 0 saturated carbocycles. The third kappa shape index (κ3) is 3.61. The highest BCUT2D eigenvalue weighted by Crippen LogP contribution is 2.31. The minimum atomic E-state index is -1.71. The predicted octanol–water partition coefficient (Wildman–Crippen LogP) is 2.86. The van der Waals surface area contributed by atoms with E-state index >= 15 is 0 Å². The maximum Gasteiger partial charge on any atom is 0.313 e. The summed E-state index contributed by atoms with van der Waals surface area (Å²) in [5, 5.41) is 29.6. The van der Waals surface area contributed by atoms with Crippen LogP contribution in [0.1, 0.15) is 12.0 Å². The second kappa shape index (κ2) is 6.42. The Morgan fingerprint density at radius 1 is 1.45 bits per heavy atom. The van der Waals surface area contributed by atoms with Crippen LogP contribution in [0.5, 0.6) is 5.75 Å². The lowest BCUT2D eigenvalue weighted by molar-refractivity contribution is -0.146. The fourth-order valence-electron chi connectivity index (χ4n) is 2.33. The van der Waals surface area contributed by atoms with Crippen molar-refractivity contribution in [1.82, 2.24) is 0 Å². The van der Waals surface area contributed by atoms with Crippen LogP contribution in [-0.4, -0.2) is 33.5 Å². The first-order valence-electron chi connectivity index (χ1n) is 6.76. The third-order valence-corrected chi connectivity index (χ3v) is 3.80. The van der Waals surface area contributed by atoms with E-state index in [1.54, 1.807) is 12.1 Å². The lowest BCUT2D eigenvalue weighted by atomic mass is 9.81. The van der Waals surface area contributed by atoms with Gasteiger partial charge in [0.2, 0.25) is 0 Å². The van der Waals surface area contributed by atoms with Crippen LogP contribution in [0.3, 0.4) is 0 Å². The summed E-state index contributed by atoms with van der Waals surface area (Å²) in [5.74, 6) is -2.02. The minimum Gasteiger partial charge on any atom is -0.508 e. The minimum absolute atomic E-state index is 0.00255. The van der Waals surface area contributed by atoms with Crippen molar-refractivity contribution in [3.8, 4) is 5.75 Å². The van der Waals surface area contributed by atoms with Gasteiger partial charge in [-0.3, -0.25) is 4.79 Å². The normalized spacial score (nSPS) is 24.0. The molecule has 3 N–H and O–H groups in total. The van der Waals surface area contributed by atoms with Crippen LogP contribution in [0.4, 0.5) is 0 Å². The van der Waals surface area contributed by atoms with Crippen molar-refractivity contribution >= 4 is 17.6 Å². The van der Waals surface area contributed by atoms with E-state index in [0.29, 0.717) is 10.8 Å². The zero-order valence-corrected chi connectivity index (χ0v) is 12.7. The van der Waals surface area contributed by atoms with Gasteiger partial charge in [-0.15, -0.1) is 0 Å². The molecule has 0 aliphatic heterocycles. The molecule has 0 aromatic heterocycles. The Balaban J connectivity index is 2.05. The van der Waals surface area contributed by atoms with Crippen molar-refractivity contribution in [2.45, 2.75) is 18.9 Å². The van der Waals surface area contributed by atoms with Crippen LogP contribution in [0, 0.1) is 12.8 Å². The standard InChI is InChI=1S/C16H17ClO5/c1-10-2-5-14(13(17)8-10)22-7-6-16(21)9-11(18)3-4-12(16)15(19)20/h2-5,8-9,12,18,21H,6-7H2,1H3,(H,19,20). The molecule has 0 radical (unpaired) electrons. The van der Waals surface area contributed by atoms with Gasteiger partial charge < -0.3 is 20.1 Å². The summed E-state index contributed by atoms with van der Waals surface area (Å²) in [6.45, 7) is 1.96. The first-order valence-corrected chi connectivity index (χ1v) is 7.14. The molecule has 0 heterocycles. The molecule has 1 aromatic rings. The fraction of sp³-hybridized carbons (Fsp3) is 0.312. The number of carboxylic acid groups (broad SMARTS) is 1. The van der Waals surface area contributed by atoms with E-state index in [1.165, 1.54) is 12.2 Å². The quantitative estimate of drug-likeness (QED) is 0.775. The number of rotatable bonds is 5. The van der Waals surface area contributed by atoms with Crippen molar-refractivity contribution in [2.24, 2.45) is 5.92 Å². The largest absolute Gasteiger partial charge is 0.508 e. The van der Waals surface area contributed by atoms with Gasteiger partial charge in [-0.2, -0.15) is 0 Å². The molecule has 0 fully saturated rings. The Morgan fingerprint density at radius 2 is 2.18 bits per heavy atom.